The molecule has 4 heteroatoms. The lowest BCUT2D eigenvalue weighted by atomic mass is 9.98. The van der Waals surface area contributed by atoms with Gasteiger partial charge in [0, 0.05) is 11.1 Å². The Labute approximate surface area is 121 Å². The Morgan fingerprint density at radius 2 is 1.30 bits per heavy atom. The van der Waals surface area contributed by atoms with E-state index in [0.717, 1.165) is 29.5 Å². The summed E-state index contributed by atoms with van der Waals surface area (Å²) in [6.07, 6.45) is 1.71. The molecule has 112 valence electrons. The van der Waals surface area contributed by atoms with Gasteiger partial charge in [0.15, 0.2) is 11.5 Å². The van der Waals surface area contributed by atoms with Crippen LogP contribution in [-0.2, 0) is 6.42 Å². The summed E-state index contributed by atoms with van der Waals surface area (Å²) < 4.78 is 21.9. The number of benzene rings is 1. The van der Waals surface area contributed by atoms with Crippen molar-refractivity contribution in [3.8, 4) is 23.0 Å². The van der Waals surface area contributed by atoms with Gasteiger partial charge in [-0.15, -0.1) is 6.58 Å². The van der Waals surface area contributed by atoms with Gasteiger partial charge in [-0.3, -0.25) is 0 Å². The zero-order chi connectivity index (χ0) is 15.3. The van der Waals surface area contributed by atoms with Crippen LogP contribution in [-0.4, -0.2) is 28.4 Å². The summed E-state index contributed by atoms with van der Waals surface area (Å²) in [6.45, 7) is 7.96. The van der Waals surface area contributed by atoms with Crippen molar-refractivity contribution in [2.45, 2.75) is 26.7 Å². The number of hydrogen-bond acceptors (Lipinski definition) is 4. The van der Waals surface area contributed by atoms with E-state index in [0.29, 0.717) is 23.0 Å². The lowest BCUT2D eigenvalue weighted by molar-refractivity contribution is 0.302. The van der Waals surface area contributed by atoms with Crippen molar-refractivity contribution in [3.05, 3.63) is 23.3 Å². The van der Waals surface area contributed by atoms with Crippen LogP contribution < -0.4 is 18.9 Å². The number of rotatable bonds is 7. The second-order valence-electron chi connectivity index (χ2n) is 4.69. The predicted octanol–water partition coefficient (Wildman–Crippen LogP) is 3.54. The monoisotopic (exact) mass is 280 g/mol. The van der Waals surface area contributed by atoms with Crippen molar-refractivity contribution in [1.29, 1.82) is 0 Å². The fourth-order valence-electron chi connectivity index (χ4n) is 2.29. The van der Waals surface area contributed by atoms with Crippen LogP contribution in [0, 0.1) is 6.92 Å². The second kappa shape index (κ2) is 7.08. The van der Waals surface area contributed by atoms with Crippen LogP contribution in [0.5, 0.6) is 23.0 Å². The Hall–Kier alpha value is -1.84. The zero-order valence-corrected chi connectivity index (χ0v) is 13.3. The Bertz CT molecular complexity index is 492. The van der Waals surface area contributed by atoms with Crippen molar-refractivity contribution >= 4 is 0 Å². The van der Waals surface area contributed by atoms with E-state index < -0.39 is 0 Å². The van der Waals surface area contributed by atoms with E-state index in [1.807, 2.05) is 13.8 Å². The summed E-state index contributed by atoms with van der Waals surface area (Å²) >= 11 is 0. The van der Waals surface area contributed by atoms with Crippen molar-refractivity contribution in [1.82, 2.24) is 0 Å². The molecule has 0 heterocycles. The van der Waals surface area contributed by atoms with Crippen LogP contribution in [0.15, 0.2) is 12.2 Å². The fourth-order valence-corrected chi connectivity index (χ4v) is 2.29. The van der Waals surface area contributed by atoms with Crippen LogP contribution in [0.2, 0.25) is 0 Å². The Morgan fingerprint density at radius 1 is 0.850 bits per heavy atom. The standard InChI is InChI=1S/C16H24O4/c1-10(2)8-9-12-11(3)13(17-4)15(19-6)16(20-7)14(12)18-5/h1,8-9H2,2-7H3. The Balaban J connectivity index is 3.51. The average molecular weight is 280 g/mol. The lowest BCUT2D eigenvalue weighted by Crippen LogP contribution is -2.05. The molecule has 4 nitrogen and oxygen atoms in total. The van der Waals surface area contributed by atoms with Crippen LogP contribution in [0.1, 0.15) is 24.5 Å². The molecule has 0 aliphatic heterocycles. The summed E-state index contributed by atoms with van der Waals surface area (Å²) in [7, 11) is 6.44. The molecular weight excluding hydrogens is 256 g/mol. The van der Waals surface area contributed by atoms with E-state index in [-0.39, 0.29) is 0 Å². The summed E-state index contributed by atoms with van der Waals surface area (Å²) in [6, 6.07) is 0. The largest absolute Gasteiger partial charge is 0.492 e. The SMILES string of the molecule is C=C(C)CCc1c(C)c(OC)c(OC)c(OC)c1OC. The van der Waals surface area contributed by atoms with Gasteiger partial charge >= 0.3 is 0 Å². The first kappa shape index (κ1) is 16.2. The van der Waals surface area contributed by atoms with Gasteiger partial charge in [0.2, 0.25) is 11.5 Å². The molecule has 1 rings (SSSR count). The Kier molecular flexibility index (Phi) is 5.74. The lowest BCUT2D eigenvalue weighted by Gasteiger charge is -2.21. The summed E-state index contributed by atoms with van der Waals surface area (Å²) in [5.74, 6) is 2.50. The first-order valence-corrected chi connectivity index (χ1v) is 6.51. The third kappa shape index (κ3) is 3.00. The molecule has 0 spiro atoms. The average Bonchev–Trinajstić information content (AvgIpc) is 2.43. The minimum Gasteiger partial charge on any atom is -0.492 e. The number of hydrogen-bond donors (Lipinski definition) is 0. The molecule has 0 atom stereocenters. The molecular formula is C16H24O4. The third-order valence-electron chi connectivity index (χ3n) is 3.30. The van der Waals surface area contributed by atoms with E-state index in [9.17, 15) is 0 Å². The first-order chi connectivity index (χ1) is 9.51. The second-order valence-corrected chi connectivity index (χ2v) is 4.69. The molecule has 0 amide bonds. The van der Waals surface area contributed by atoms with Crippen LogP contribution >= 0.6 is 0 Å². The van der Waals surface area contributed by atoms with Crippen molar-refractivity contribution in [3.63, 3.8) is 0 Å². The molecule has 0 fully saturated rings. The molecule has 0 bridgehead atoms. The minimum absolute atomic E-state index is 0.559. The van der Waals surface area contributed by atoms with Crippen molar-refractivity contribution in [2.75, 3.05) is 28.4 Å². The van der Waals surface area contributed by atoms with Gasteiger partial charge < -0.3 is 18.9 Å². The molecule has 0 aliphatic rings. The molecule has 0 unspecified atom stereocenters. The molecule has 0 aromatic heterocycles. The molecule has 0 saturated carbocycles. The van der Waals surface area contributed by atoms with Crippen LogP contribution in [0.3, 0.4) is 0 Å². The van der Waals surface area contributed by atoms with Gasteiger partial charge in [0.25, 0.3) is 0 Å². The fraction of sp³-hybridized carbons (Fsp3) is 0.500. The van der Waals surface area contributed by atoms with E-state index in [4.69, 9.17) is 18.9 Å². The topological polar surface area (TPSA) is 36.9 Å². The molecule has 0 N–H and O–H groups in total. The van der Waals surface area contributed by atoms with E-state index in [2.05, 4.69) is 6.58 Å². The smallest absolute Gasteiger partial charge is 0.207 e. The van der Waals surface area contributed by atoms with E-state index >= 15 is 0 Å². The highest BCUT2D eigenvalue weighted by Gasteiger charge is 2.24. The molecule has 0 saturated heterocycles. The highest BCUT2D eigenvalue weighted by atomic mass is 16.5. The highest BCUT2D eigenvalue weighted by Crippen LogP contribution is 2.49. The third-order valence-corrected chi connectivity index (χ3v) is 3.30. The maximum atomic E-state index is 5.53. The van der Waals surface area contributed by atoms with E-state index in [1.54, 1.807) is 28.4 Å². The van der Waals surface area contributed by atoms with Crippen molar-refractivity contribution < 1.29 is 18.9 Å². The maximum absolute atomic E-state index is 5.53. The van der Waals surface area contributed by atoms with Gasteiger partial charge in [-0.2, -0.15) is 0 Å². The summed E-state index contributed by atoms with van der Waals surface area (Å²) in [4.78, 5) is 0. The van der Waals surface area contributed by atoms with E-state index in [1.165, 1.54) is 0 Å². The summed E-state index contributed by atoms with van der Waals surface area (Å²) in [5.41, 5.74) is 3.19. The number of allylic oxidation sites excluding steroid dienone is 1. The minimum atomic E-state index is 0.559. The van der Waals surface area contributed by atoms with Gasteiger partial charge in [0.05, 0.1) is 28.4 Å². The Morgan fingerprint density at radius 3 is 1.70 bits per heavy atom. The summed E-state index contributed by atoms with van der Waals surface area (Å²) in [5, 5.41) is 0. The molecule has 0 radical (unpaired) electrons. The molecule has 20 heavy (non-hydrogen) atoms. The molecule has 1 aromatic carbocycles. The zero-order valence-electron chi connectivity index (χ0n) is 13.3. The highest BCUT2D eigenvalue weighted by molar-refractivity contribution is 5.66. The predicted molar refractivity (Wildman–Crippen MR) is 80.5 cm³/mol. The molecule has 1 aromatic rings. The first-order valence-electron chi connectivity index (χ1n) is 6.51. The number of ether oxygens (including phenoxy) is 4. The maximum Gasteiger partial charge on any atom is 0.207 e. The van der Waals surface area contributed by atoms with Gasteiger partial charge in [-0.05, 0) is 26.7 Å². The van der Waals surface area contributed by atoms with Gasteiger partial charge in [-0.25, -0.2) is 0 Å². The quantitative estimate of drug-likeness (QED) is 0.716. The van der Waals surface area contributed by atoms with Crippen molar-refractivity contribution in [2.24, 2.45) is 0 Å². The van der Waals surface area contributed by atoms with Gasteiger partial charge in [0.1, 0.15) is 0 Å². The van der Waals surface area contributed by atoms with Crippen LogP contribution in [0.25, 0.3) is 0 Å². The van der Waals surface area contributed by atoms with Gasteiger partial charge in [-0.1, -0.05) is 5.57 Å². The van der Waals surface area contributed by atoms with Crippen LogP contribution in [0.4, 0.5) is 0 Å². The normalized spacial score (nSPS) is 10.1. The number of methoxy groups -OCH3 is 4. The molecule has 0 aliphatic carbocycles.